The van der Waals surface area contributed by atoms with Crippen LogP contribution in [0.3, 0.4) is 0 Å². The average molecular weight is 332 g/mol. The number of halogens is 2. The van der Waals surface area contributed by atoms with Gasteiger partial charge in [0.1, 0.15) is 16.8 Å². The van der Waals surface area contributed by atoms with Crippen molar-refractivity contribution in [1.29, 1.82) is 0 Å². The third-order valence-electron chi connectivity index (χ3n) is 1.34. The predicted molar refractivity (Wildman–Crippen MR) is 58.7 cm³/mol. The van der Waals surface area contributed by atoms with Crippen molar-refractivity contribution < 1.29 is 19.1 Å². The van der Waals surface area contributed by atoms with E-state index >= 15 is 0 Å². The summed E-state index contributed by atoms with van der Waals surface area (Å²) in [6.45, 7) is 2.02. The van der Waals surface area contributed by atoms with E-state index in [0.29, 0.717) is 6.42 Å². The molecule has 6 heteroatoms. The average Bonchev–Trinajstić information content (AvgIpc) is 2.17. The van der Waals surface area contributed by atoms with Gasteiger partial charge in [-0.2, -0.15) is 0 Å². The normalized spacial score (nSPS) is 11.9. The Morgan fingerprint density at radius 3 is 2.29 bits per heavy atom. The topological polar surface area (TPSA) is 52.6 Å². The second kappa shape index (κ2) is 8.23. The molecule has 1 unspecified atom stereocenters. The van der Waals surface area contributed by atoms with E-state index < -0.39 is 0 Å². The molecule has 1 atom stereocenters. The maximum Gasteiger partial charge on any atom is 0.316 e. The van der Waals surface area contributed by atoms with E-state index in [4.69, 9.17) is 9.47 Å². The van der Waals surface area contributed by atoms with Crippen LogP contribution < -0.4 is 0 Å². The van der Waals surface area contributed by atoms with Crippen LogP contribution in [0.2, 0.25) is 0 Å². The van der Waals surface area contributed by atoms with Crippen molar-refractivity contribution in [2.24, 2.45) is 0 Å². The minimum absolute atomic E-state index is 0.179. The first-order valence-corrected chi connectivity index (χ1v) is 6.31. The molecule has 0 bridgehead atoms. The molecule has 82 valence electrons. The van der Waals surface area contributed by atoms with Crippen molar-refractivity contribution in [2.45, 2.75) is 19.4 Å². The number of ether oxygens (including phenoxy) is 2. The number of rotatable bonds is 6. The molecule has 0 saturated carbocycles. The standard InChI is InChI=1S/C8H12Br2O4/c1-6(14-8(12)5-10)2-3-13-7(11)4-9/h6H,2-5H2,1H3. The van der Waals surface area contributed by atoms with Crippen LogP contribution in [0, 0.1) is 0 Å². The zero-order chi connectivity index (χ0) is 11.0. The van der Waals surface area contributed by atoms with Crippen LogP contribution in [-0.2, 0) is 19.1 Å². The van der Waals surface area contributed by atoms with Crippen molar-refractivity contribution in [1.82, 2.24) is 0 Å². The van der Waals surface area contributed by atoms with Crippen LogP contribution in [-0.4, -0.2) is 35.3 Å². The molecule has 0 radical (unpaired) electrons. The molecule has 0 aliphatic heterocycles. The first-order chi connectivity index (χ1) is 6.60. The second-order valence-corrected chi connectivity index (χ2v) is 3.70. The largest absolute Gasteiger partial charge is 0.465 e. The Morgan fingerprint density at radius 2 is 1.79 bits per heavy atom. The molecule has 0 aromatic carbocycles. The maximum absolute atomic E-state index is 10.8. The molecule has 0 aliphatic rings. The molecular formula is C8H12Br2O4. The Labute approximate surface area is 99.6 Å². The van der Waals surface area contributed by atoms with Crippen molar-refractivity contribution in [3.05, 3.63) is 0 Å². The Hall–Kier alpha value is -0.100. The van der Waals surface area contributed by atoms with Crippen LogP contribution in [0.5, 0.6) is 0 Å². The van der Waals surface area contributed by atoms with Gasteiger partial charge in [-0.15, -0.1) is 0 Å². The van der Waals surface area contributed by atoms with E-state index in [2.05, 4.69) is 31.9 Å². The fraction of sp³-hybridized carbons (Fsp3) is 0.750. The molecule has 0 saturated heterocycles. The van der Waals surface area contributed by atoms with Gasteiger partial charge in [-0.05, 0) is 6.92 Å². The highest BCUT2D eigenvalue weighted by atomic mass is 79.9. The van der Waals surface area contributed by atoms with E-state index in [-0.39, 0.29) is 35.3 Å². The number of carbonyl (C=O) groups is 2. The summed E-state index contributed by atoms with van der Waals surface area (Å²) in [6, 6.07) is 0. The van der Waals surface area contributed by atoms with Gasteiger partial charge in [0, 0.05) is 6.42 Å². The third kappa shape index (κ3) is 7.32. The van der Waals surface area contributed by atoms with E-state index in [0.717, 1.165) is 0 Å². The van der Waals surface area contributed by atoms with Gasteiger partial charge in [-0.3, -0.25) is 9.59 Å². The summed E-state index contributed by atoms with van der Waals surface area (Å²) in [4.78, 5) is 21.5. The molecule has 14 heavy (non-hydrogen) atoms. The van der Waals surface area contributed by atoms with Crippen molar-refractivity contribution in [3.8, 4) is 0 Å². The van der Waals surface area contributed by atoms with Crippen LogP contribution in [0.1, 0.15) is 13.3 Å². The first kappa shape index (κ1) is 13.9. The highest BCUT2D eigenvalue weighted by Gasteiger charge is 2.08. The summed E-state index contributed by atoms with van der Waals surface area (Å²) in [5.41, 5.74) is 0. The first-order valence-electron chi connectivity index (χ1n) is 4.07. The molecule has 0 fully saturated rings. The molecule has 0 amide bonds. The lowest BCUT2D eigenvalue weighted by molar-refractivity contribution is -0.146. The molecule has 0 rings (SSSR count). The van der Waals surface area contributed by atoms with Crippen molar-refractivity contribution >= 4 is 43.8 Å². The molecule has 0 heterocycles. The zero-order valence-electron chi connectivity index (χ0n) is 7.79. The zero-order valence-corrected chi connectivity index (χ0v) is 11.0. The Kier molecular flexibility index (Phi) is 8.17. The second-order valence-electron chi connectivity index (χ2n) is 2.58. The van der Waals surface area contributed by atoms with Gasteiger partial charge >= 0.3 is 11.9 Å². The minimum Gasteiger partial charge on any atom is -0.465 e. The smallest absolute Gasteiger partial charge is 0.316 e. The van der Waals surface area contributed by atoms with Gasteiger partial charge in [-0.25, -0.2) is 0 Å². The van der Waals surface area contributed by atoms with Gasteiger partial charge < -0.3 is 9.47 Å². The summed E-state index contributed by atoms with van der Waals surface area (Å²) >= 11 is 5.95. The minimum atomic E-state index is -0.316. The van der Waals surface area contributed by atoms with Crippen molar-refractivity contribution in [2.75, 3.05) is 17.3 Å². The monoisotopic (exact) mass is 330 g/mol. The molecule has 0 aliphatic carbocycles. The van der Waals surface area contributed by atoms with E-state index in [1.165, 1.54) is 0 Å². The quantitative estimate of drug-likeness (QED) is 0.548. The van der Waals surface area contributed by atoms with E-state index in [1.54, 1.807) is 6.92 Å². The fourth-order valence-electron chi connectivity index (χ4n) is 0.692. The lowest BCUT2D eigenvalue weighted by Gasteiger charge is -2.11. The molecule has 0 aromatic heterocycles. The van der Waals surface area contributed by atoms with E-state index in [1.807, 2.05) is 0 Å². The summed E-state index contributed by atoms with van der Waals surface area (Å²) < 4.78 is 9.71. The van der Waals surface area contributed by atoms with Crippen LogP contribution in [0.4, 0.5) is 0 Å². The number of alkyl halides is 2. The summed E-state index contributed by atoms with van der Waals surface area (Å²) in [5.74, 6) is -0.631. The molecule has 0 spiro atoms. The van der Waals surface area contributed by atoms with Crippen LogP contribution in [0.25, 0.3) is 0 Å². The Balaban J connectivity index is 3.49. The summed E-state index contributed by atoms with van der Waals surface area (Å²) in [6.07, 6.45) is 0.278. The van der Waals surface area contributed by atoms with Gasteiger partial charge in [0.2, 0.25) is 0 Å². The number of esters is 2. The Bertz CT molecular complexity index is 196. The number of hydrogen-bond acceptors (Lipinski definition) is 4. The SMILES string of the molecule is CC(CCOC(=O)CBr)OC(=O)CBr. The summed E-state index contributed by atoms with van der Waals surface area (Å²) in [5, 5.41) is 0.362. The molecule has 0 N–H and O–H groups in total. The fourth-order valence-corrected chi connectivity index (χ4v) is 0.986. The number of hydrogen-bond donors (Lipinski definition) is 0. The number of carbonyl (C=O) groups excluding carboxylic acids is 2. The lowest BCUT2D eigenvalue weighted by atomic mass is 10.3. The maximum atomic E-state index is 10.8. The van der Waals surface area contributed by atoms with Gasteiger partial charge in [0.25, 0.3) is 0 Å². The lowest BCUT2D eigenvalue weighted by Crippen LogP contribution is -2.18. The summed E-state index contributed by atoms with van der Waals surface area (Å²) in [7, 11) is 0. The molecular weight excluding hydrogens is 320 g/mol. The van der Waals surface area contributed by atoms with E-state index in [9.17, 15) is 9.59 Å². The molecule has 4 nitrogen and oxygen atoms in total. The van der Waals surface area contributed by atoms with Gasteiger partial charge in [0.05, 0.1) is 6.61 Å². The predicted octanol–water partition coefficient (Wildman–Crippen LogP) is 1.64. The highest BCUT2D eigenvalue weighted by molar-refractivity contribution is 9.09. The molecule has 0 aromatic rings. The van der Waals surface area contributed by atoms with Gasteiger partial charge in [0.15, 0.2) is 0 Å². The highest BCUT2D eigenvalue weighted by Crippen LogP contribution is 2.00. The van der Waals surface area contributed by atoms with Crippen LogP contribution in [0.15, 0.2) is 0 Å². The third-order valence-corrected chi connectivity index (χ3v) is 2.25. The van der Waals surface area contributed by atoms with Crippen molar-refractivity contribution in [3.63, 3.8) is 0 Å². The van der Waals surface area contributed by atoms with Gasteiger partial charge in [-0.1, -0.05) is 31.9 Å². The van der Waals surface area contributed by atoms with Crippen LogP contribution >= 0.6 is 31.9 Å². The Morgan fingerprint density at radius 1 is 1.21 bits per heavy atom.